The highest BCUT2D eigenvalue weighted by Gasteiger charge is 2.44. The number of anilines is 2. The number of nitrogens with zero attached hydrogens (tertiary/aromatic N) is 2. The number of halogens is 2. The molecule has 1 aliphatic heterocycles. The van der Waals surface area contributed by atoms with Gasteiger partial charge in [0, 0.05) is 29.7 Å². The van der Waals surface area contributed by atoms with E-state index in [-0.39, 0.29) is 28.1 Å². The highest BCUT2D eigenvalue weighted by molar-refractivity contribution is 9.09. The van der Waals surface area contributed by atoms with Gasteiger partial charge in [-0.3, -0.25) is 14.9 Å². The maximum Gasteiger partial charge on any atom is 0.292 e. The van der Waals surface area contributed by atoms with E-state index in [1.54, 1.807) is 23.1 Å². The van der Waals surface area contributed by atoms with Crippen LogP contribution in [-0.4, -0.2) is 29.7 Å². The predicted octanol–water partition coefficient (Wildman–Crippen LogP) is 4.75. The fourth-order valence-corrected chi connectivity index (χ4v) is 3.92. The lowest BCUT2D eigenvalue weighted by molar-refractivity contribution is -0.384. The zero-order valence-corrected chi connectivity index (χ0v) is 16.7. The number of benzene rings is 2. The van der Waals surface area contributed by atoms with E-state index in [1.165, 1.54) is 13.2 Å². The standard InChI is InChI=1S/C19H18BrFN2O4/c1-19(2)10-22(12-6-4-5-7-13(12)23(25)26)18-15(27-3)8-11(21)16(17(18)19)14(24)9-20/h4-8H,9-10H2,1-3H3. The number of methoxy groups -OCH3 is 1. The average molecular weight is 437 g/mol. The summed E-state index contributed by atoms with van der Waals surface area (Å²) >= 11 is 3.11. The summed E-state index contributed by atoms with van der Waals surface area (Å²) in [6.07, 6.45) is 0. The fourth-order valence-electron chi connectivity index (χ4n) is 3.64. The molecular weight excluding hydrogens is 419 g/mol. The summed E-state index contributed by atoms with van der Waals surface area (Å²) < 4.78 is 20.1. The lowest BCUT2D eigenvalue weighted by Gasteiger charge is -2.22. The van der Waals surface area contributed by atoms with Crippen LogP contribution in [0.3, 0.4) is 0 Å². The second-order valence-electron chi connectivity index (χ2n) is 6.93. The third kappa shape index (κ3) is 3.07. The quantitative estimate of drug-likeness (QED) is 0.292. The monoisotopic (exact) mass is 436 g/mol. The molecule has 2 aromatic rings. The first-order chi connectivity index (χ1) is 12.7. The van der Waals surface area contributed by atoms with E-state index in [0.717, 1.165) is 6.07 Å². The maximum absolute atomic E-state index is 14.8. The Morgan fingerprint density at radius 1 is 1.41 bits per heavy atom. The van der Waals surface area contributed by atoms with E-state index in [1.807, 2.05) is 13.8 Å². The number of fused-ring (bicyclic) bond motifs is 1. The number of ketones is 1. The van der Waals surface area contributed by atoms with Gasteiger partial charge < -0.3 is 9.64 Å². The van der Waals surface area contributed by atoms with Gasteiger partial charge in [0.1, 0.15) is 17.3 Å². The van der Waals surface area contributed by atoms with Gasteiger partial charge in [-0.25, -0.2) is 4.39 Å². The van der Waals surface area contributed by atoms with Crippen LogP contribution in [0.25, 0.3) is 0 Å². The topological polar surface area (TPSA) is 72.7 Å². The molecule has 1 heterocycles. The number of carbonyl (C=O) groups excluding carboxylic acids is 1. The number of hydrogen-bond donors (Lipinski definition) is 0. The molecule has 0 unspecified atom stereocenters. The van der Waals surface area contributed by atoms with Crippen molar-refractivity contribution in [3.8, 4) is 5.75 Å². The smallest absolute Gasteiger partial charge is 0.292 e. The Balaban J connectivity index is 2.36. The average Bonchev–Trinajstić information content (AvgIpc) is 2.92. The van der Waals surface area contributed by atoms with Crippen LogP contribution in [0.2, 0.25) is 0 Å². The first-order valence-corrected chi connectivity index (χ1v) is 9.36. The van der Waals surface area contributed by atoms with Crippen molar-refractivity contribution in [3.63, 3.8) is 0 Å². The van der Waals surface area contributed by atoms with Gasteiger partial charge in [0.2, 0.25) is 0 Å². The van der Waals surface area contributed by atoms with E-state index in [2.05, 4.69) is 15.9 Å². The van der Waals surface area contributed by atoms with Crippen molar-refractivity contribution in [2.45, 2.75) is 19.3 Å². The first-order valence-electron chi connectivity index (χ1n) is 8.24. The summed E-state index contributed by atoms with van der Waals surface area (Å²) in [6, 6.07) is 7.51. The molecule has 0 saturated carbocycles. The highest BCUT2D eigenvalue weighted by Crippen LogP contribution is 2.52. The van der Waals surface area contributed by atoms with Crippen LogP contribution in [0.5, 0.6) is 5.75 Å². The summed E-state index contributed by atoms with van der Waals surface area (Å²) in [4.78, 5) is 25.2. The molecule has 0 aromatic heterocycles. The minimum Gasteiger partial charge on any atom is -0.494 e. The van der Waals surface area contributed by atoms with Crippen molar-refractivity contribution >= 4 is 38.8 Å². The van der Waals surface area contributed by atoms with Crippen molar-refractivity contribution < 1.29 is 18.8 Å². The number of ether oxygens (including phenoxy) is 1. The van der Waals surface area contributed by atoms with Gasteiger partial charge >= 0.3 is 0 Å². The lowest BCUT2D eigenvalue weighted by Crippen LogP contribution is -2.26. The Morgan fingerprint density at radius 3 is 2.67 bits per heavy atom. The third-order valence-corrected chi connectivity index (χ3v) is 5.22. The molecule has 6 nitrogen and oxygen atoms in total. The second kappa shape index (κ2) is 6.92. The van der Waals surface area contributed by atoms with Crippen molar-refractivity contribution in [2.75, 3.05) is 23.9 Å². The predicted molar refractivity (Wildman–Crippen MR) is 104 cm³/mol. The molecule has 0 saturated heterocycles. The Morgan fingerprint density at radius 2 is 2.07 bits per heavy atom. The Kier molecular flexibility index (Phi) is 4.94. The molecule has 0 atom stereocenters. The number of Topliss-reactive ketones (excluding diaryl/α,β-unsaturated/α-hetero) is 1. The molecule has 2 aromatic carbocycles. The lowest BCUT2D eigenvalue weighted by atomic mass is 9.82. The second-order valence-corrected chi connectivity index (χ2v) is 7.49. The highest BCUT2D eigenvalue weighted by atomic mass is 79.9. The van der Waals surface area contributed by atoms with Gasteiger partial charge in [-0.05, 0) is 6.07 Å². The molecular formula is C19H18BrFN2O4. The van der Waals surface area contributed by atoms with Crippen molar-refractivity contribution in [2.24, 2.45) is 0 Å². The first kappa shape index (κ1) is 19.3. The van der Waals surface area contributed by atoms with Crippen molar-refractivity contribution in [3.05, 3.63) is 57.4 Å². The number of carbonyl (C=O) groups is 1. The summed E-state index contributed by atoms with van der Waals surface area (Å²) in [5.41, 5.74) is 0.664. The summed E-state index contributed by atoms with van der Waals surface area (Å²) in [7, 11) is 1.41. The zero-order chi connectivity index (χ0) is 19.9. The number of alkyl halides is 1. The van der Waals surface area contributed by atoms with E-state index < -0.39 is 16.2 Å². The molecule has 0 bridgehead atoms. The molecule has 27 heavy (non-hydrogen) atoms. The minimum absolute atomic E-state index is 0.00578. The third-order valence-electron chi connectivity index (χ3n) is 4.71. The summed E-state index contributed by atoms with van der Waals surface area (Å²) in [5.74, 6) is -0.811. The molecule has 0 radical (unpaired) electrons. The largest absolute Gasteiger partial charge is 0.494 e. The molecule has 142 valence electrons. The van der Waals surface area contributed by atoms with Crippen LogP contribution in [0.15, 0.2) is 30.3 Å². The minimum atomic E-state index is -0.660. The van der Waals surface area contributed by atoms with Gasteiger partial charge in [-0.1, -0.05) is 41.9 Å². The number of rotatable bonds is 5. The Bertz CT molecular complexity index is 946. The zero-order valence-electron chi connectivity index (χ0n) is 15.1. The van der Waals surface area contributed by atoms with E-state index >= 15 is 0 Å². The van der Waals surface area contributed by atoms with Crippen LogP contribution < -0.4 is 9.64 Å². The van der Waals surface area contributed by atoms with Gasteiger partial charge in [0.25, 0.3) is 5.69 Å². The SMILES string of the molecule is COc1cc(F)c(C(=O)CBr)c2c1N(c1ccccc1[N+](=O)[O-])CC2(C)C. The van der Waals surface area contributed by atoms with Crippen LogP contribution in [0, 0.1) is 15.9 Å². The van der Waals surface area contributed by atoms with Crippen molar-refractivity contribution in [1.82, 2.24) is 0 Å². The van der Waals surface area contributed by atoms with E-state index in [9.17, 15) is 19.3 Å². The normalized spacial score (nSPS) is 14.8. The molecule has 0 amide bonds. The molecule has 0 fully saturated rings. The van der Waals surface area contributed by atoms with E-state index in [4.69, 9.17) is 4.74 Å². The molecule has 8 heteroatoms. The molecule has 0 spiro atoms. The van der Waals surface area contributed by atoms with Gasteiger partial charge in [-0.2, -0.15) is 0 Å². The molecule has 1 aliphatic rings. The molecule has 0 N–H and O–H groups in total. The van der Waals surface area contributed by atoms with Crippen molar-refractivity contribution in [1.29, 1.82) is 0 Å². The van der Waals surface area contributed by atoms with Gasteiger partial charge in [0.05, 0.1) is 28.6 Å². The number of nitro benzene ring substituents is 1. The number of para-hydroxylation sites is 2. The maximum atomic E-state index is 14.8. The van der Waals surface area contributed by atoms with Gasteiger partial charge in [-0.15, -0.1) is 0 Å². The van der Waals surface area contributed by atoms with Crippen LogP contribution in [-0.2, 0) is 5.41 Å². The molecule has 0 aliphatic carbocycles. The van der Waals surface area contributed by atoms with Crippen LogP contribution in [0.1, 0.15) is 29.8 Å². The number of hydrogen-bond acceptors (Lipinski definition) is 5. The van der Waals surface area contributed by atoms with Crippen LogP contribution >= 0.6 is 15.9 Å². The van der Waals surface area contributed by atoms with Gasteiger partial charge in [0.15, 0.2) is 5.78 Å². The number of nitro groups is 1. The Labute approximate surface area is 164 Å². The van der Waals surface area contributed by atoms with E-state index in [0.29, 0.717) is 23.5 Å². The Hall–Kier alpha value is -2.48. The summed E-state index contributed by atoms with van der Waals surface area (Å²) in [6.45, 7) is 4.10. The fraction of sp³-hybridized carbons (Fsp3) is 0.316. The molecule has 3 rings (SSSR count). The van der Waals surface area contributed by atoms with Crippen LogP contribution in [0.4, 0.5) is 21.5 Å². The summed E-state index contributed by atoms with van der Waals surface area (Å²) in [5, 5.41) is 11.5.